The van der Waals surface area contributed by atoms with Gasteiger partial charge >= 0.3 is 0 Å². The fourth-order valence-electron chi connectivity index (χ4n) is 1.79. The summed E-state index contributed by atoms with van der Waals surface area (Å²) in [6.07, 6.45) is 9.86. The van der Waals surface area contributed by atoms with Crippen LogP contribution in [-0.2, 0) is 0 Å². The van der Waals surface area contributed by atoms with Crippen molar-refractivity contribution in [2.45, 2.75) is 57.9 Å². The van der Waals surface area contributed by atoms with E-state index in [1.165, 1.54) is 51.5 Å². The fraction of sp³-hybridized carbons (Fsp3) is 1.00. The topological polar surface area (TPSA) is 12.0 Å². The summed E-state index contributed by atoms with van der Waals surface area (Å²) in [7, 11) is 0. The van der Waals surface area contributed by atoms with E-state index in [2.05, 4.69) is 12.2 Å². The first-order chi connectivity index (χ1) is 5.43. The van der Waals surface area contributed by atoms with Crippen LogP contribution in [0.1, 0.15) is 51.9 Å². The Kier molecular flexibility index (Phi) is 8.04. The molecule has 1 fully saturated rings. The quantitative estimate of drug-likeness (QED) is 0.674. The Bertz CT molecular complexity index is 89.8. The van der Waals surface area contributed by atoms with E-state index in [1.54, 1.807) is 0 Å². The van der Waals surface area contributed by atoms with Gasteiger partial charge in [-0.15, -0.1) is 12.4 Å². The molecule has 0 radical (unpaired) electrons. The Morgan fingerprint density at radius 2 is 1.83 bits per heavy atom. The third-order valence-corrected chi connectivity index (χ3v) is 2.57. The molecule has 0 amide bonds. The number of hydrogen-bond acceptors (Lipinski definition) is 1. The SMILES string of the molecule is CCCCNC1CCCCC1.Cl. The van der Waals surface area contributed by atoms with Gasteiger partial charge in [0.25, 0.3) is 0 Å². The van der Waals surface area contributed by atoms with Crippen LogP contribution in [0.15, 0.2) is 0 Å². The van der Waals surface area contributed by atoms with E-state index in [9.17, 15) is 0 Å². The summed E-state index contributed by atoms with van der Waals surface area (Å²) in [6.45, 7) is 3.49. The number of hydrogen-bond donors (Lipinski definition) is 1. The molecule has 0 heterocycles. The summed E-state index contributed by atoms with van der Waals surface area (Å²) >= 11 is 0. The van der Waals surface area contributed by atoms with Gasteiger partial charge in [0, 0.05) is 6.04 Å². The number of rotatable bonds is 4. The highest BCUT2D eigenvalue weighted by molar-refractivity contribution is 5.85. The maximum absolute atomic E-state index is 3.62. The fourth-order valence-corrected chi connectivity index (χ4v) is 1.79. The predicted octanol–water partition coefficient (Wildman–Crippen LogP) is 3.13. The van der Waals surface area contributed by atoms with Crippen molar-refractivity contribution in [1.82, 2.24) is 5.32 Å². The average molecular weight is 192 g/mol. The van der Waals surface area contributed by atoms with Crippen molar-refractivity contribution in [3.63, 3.8) is 0 Å². The van der Waals surface area contributed by atoms with E-state index in [1.807, 2.05) is 0 Å². The van der Waals surface area contributed by atoms with Crippen molar-refractivity contribution in [3.8, 4) is 0 Å². The molecule has 2 heteroatoms. The van der Waals surface area contributed by atoms with Gasteiger partial charge in [-0.2, -0.15) is 0 Å². The molecule has 1 aliphatic carbocycles. The Morgan fingerprint density at radius 3 is 2.42 bits per heavy atom. The molecule has 1 nitrogen and oxygen atoms in total. The zero-order valence-electron chi connectivity index (χ0n) is 8.14. The van der Waals surface area contributed by atoms with Crippen LogP contribution >= 0.6 is 12.4 Å². The van der Waals surface area contributed by atoms with E-state index in [0.717, 1.165) is 6.04 Å². The molecule has 0 unspecified atom stereocenters. The zero-order valence-corrected chi connectivity index (χ0v) is 8.96. The Labute approximate surface area is 82.7 Å². The highest BCUT2D eigenvalue weighted by Gasteiger charge is 2.11. The molecule has 0 saturated heterocycles. The minimum Gasteiger partial charge on any atom is -0.314 e. The van der Waals surface area contributed by atoms with Crippen LogP contribution in [0.4, 0.5) is 0 Å². The monoisotopic (exact) mass is 191 g/mol. The van der Waals surface area contributed by atoms with Crippen molar-refractivity contribution in [2.75, 3.05) is 6.54 Å². The maximum atomic E-state index is 3.62. The molecule has 1 N–H and O–H groups in total. The minimum atomic E-state index is 0. The summed E-state index contributed by atoms with van der Waals surface area (Å²) in [5.74, 6) is 0. The van der Waals surface area contributed by atoms with Gasteiger partial charge in [0.05, 0.1) is 0 Å². The number of halogens is 1. The molecule has 0 aromatic carbocycles. The smallest absolute Gasteiger partial charge is 0.00670 e. The van der Waals surface area contributed by atoms with Gasteiger partial charge in [-0.25, -0.2) is 0 Å². The van der Waals surface area contributed by atoms with Crippen LogP contribution < -0.4 is 5.32 Å². The number of nitrogens with one attached hydrogen (secondary N) is 1. The van der Waals surface area contributed by atoms with E-state index < -0.39 is 0 Å². The van der Waals surface area contributed by atoms with Gasteiger partial charge in [0.2, 0.25) is 0 Å². The lowest BCUT2D eigenvalue weighted by Gasteiger charge is -2.22. The largest absolute Gasteiger partial charge is 0.314 e. The highest BCUT2D eigenvalue weighted by Crippen LogP contribution is 2.17. The van der Waals surface area contributed by atoms with Gasteiger partial charge in [0.15, 0.2) is 0 Å². The second kappa shape index (κ2) is 7.88. The molecule has 0 atom stereocenters. The molecule has 1 saturated carbocycles. The third-order valence-electron chi connectivity index (χ3n) is 2.57. The Hall–Kier alpha value is 0.250. The molecular weight excluding hydrogens is 170 g/mol. The lowest BCUT2D eigenvalue weighted by Crippen LogP contribution is -2.31. The number of unbranched alkanes of at least 4 members (excludes halogenated alkanes) is 1. The minimum absolute atomic E-state index is 0. The molecule has 0 aliphatic heterocycles. The van der Waals surface area contributed by atoms with E-state index >= 15 is 0 Å². The Morgan fingerprint density at radius 1 is 1.17 bits per heavy atom. The average Bonchev–Trinajstić information content (AvgIpc) is 2.07. The summed E-state index contributed by atoms with van der Waals surface area (Å²) in [4.78, 5) is 0. The molecule has 0 aromatic rings. The third kappa shape index (κ3) is 5.00. The normalized spacial score (nSPS) is 18.8. The van der Waals surface area contributed by atoms with Crippen LogP contribution in [0.5, 0.6) is 0 Å². The lowest BCUT2D eigenvalue weighted by molar-refractivity contribution is 0.372. The maximum Gasteiger partial charge on any atom is 0.00670 e. The summed E-state index contributed by atoms with van der Waals surface area (Å²) in [5, 5.41) is 3.62. The van der Waals surface area contributed by atoms with Crippen molar-refractivity contribution in [2.24, 2.45) is 0 Å². The van der Waals surface area contributed by atoms with Crippen molar-refractivity contribution in [3.05, 3.63) is 0 Å². The second-order valence-corrected chi connectivity index (χ2v) is 3.64. The highest BCUT2D eigenvalue weighted by atomic mass is 35.5. The first kappa shape index (κ1) is 12.2. The first-order valence-corrected chi connectivity index (χ1v) is 5.17. The van der Waals surface area contributed by atoms with Crippen LogP contribution in [0.25, 0.3) is 0 Å². The van der Waals surface area contributed by atoms with Crippen molar-refractivity contribution in [1.29, 1.82) is 0 Å². The van der Waals surface area contributed by atoms with Crippen molar-refractivity contribution < 1.29 is 0 Å². The molecule has 1 rings (SSSR count). The molecule has 0 spiro atoms. The van der Waals surface area contributed by atoms with Crippen LogP contribution in [0, 0.1) is 0 Å². The molecule has 12 heavy (non-hydrogen) atoms. The van der Waals surface area contributed by atoms with Crippen LogP contribution in [0.2, 0.25) is 0 Å². The van der Waals surface area contributed by atoms with Gasteiger partial charge in [0.1, 0.15) is 0 Å². The molecule has 1 aliphatic rings. The van der Waals surface area contributed by atoms with Gasteiger partial charge in [-0.05, 0) is 25.8 Å². The van der Waals surface area contributed by atoms with Crippen LogP contribution in [-0.4, -0.2) is 12.6 Å². The summed E-state index contributed by atoms with van der Waals surface area (Å²) in [5.41, 5.74) is 0. The molecular formula is C10H22ClN. The molecule has 0 bridgehead atoms. The summed E-state index contributed by atoms with van der Waals surface area (Å²) < 4.78 is 0. The summed E-state index contributed by atoms with van der Waals surface area (Å²) in [6, 6.07) is 0.857. The van der Waals surface area contributed by atoms with Gasteiger partial charge in [-0.1, -0.05) is 32.6 Å². The van der Waals surface area contributed by atoms with Crippen LogP contribution in [0.3, 0.4) is 0 Å². The molecule has 74 valence electrons. The Balaban J connectivity index is 0.00000121. The standard InChI is InChI=1S/C10H21N.ClH/c1-2-3-9-11-10-7-5-4-6-8-10;/h10-11H,2-9H2,1H3;1H. The second-order valence-electron chi connectivity index (χ2n) is 3.64. The van der Waals surface area contributed by atoms with E-state index in [4.69, 9.17) is 0 Å². The van der Waals surface area contributed by atoms with E-state index in [0.29, 0.717) is 0 Å². The van der Waals surface area contributed by atoms with Gasteiger partial charge in [-0.3, -0.25) is 0 Å². The molecule has 0 aromatic heterocycles. The first-order valence-electron chi connectivity index (χ1n) is 5.17. The lowest BCUT2D eigenvalue weighted by atomic mass is 9.95. The zero-order chi connectivity index (χ0) is 7.94. The van der Waals surface area contributed by atoms with Crippen molar-refractivity contribution >= 4 is 12.4 Å². The van der Waals surface area contributed by atoms with Gasteiger partial charge < -0.3 is 5.32 Å². The van der Waals surface area contributed by atoms with E-state index in [-0.39, 0.29) is 12.4 Å². The predicted molar refractivity (Wildman–Crippen MR) is 57.0 cm³/mol.